The monoisotopic (exact) mass is 303 g/mol. The number of nitrogens with zero attached hydrogens (tertiary/aromatic N) is 2. The first-order valence-electron chi connectivity index (χ1n) is 4.89. The molecule has 1 saturated heterocycles. The lowest BCUT2D eigenvalue weighted by molar-refractivity contribution is -0.117. The molecule has 0 radical (unpaired) electrons. The highest BCUT2D eigenvalue weighted by atomic mass is 79.9. The van der Waals surface area contributed by atoms with Gasteiger partial charge in [-0.1, -0.05) is 0 Å². The molecule has 4 nitrogen and oxygen atoms in total. The molecule has 0 aromatic carbocycles. The third-order valence-corrected chi connectivity index (χ3v) is 3.45. The quantitative estimate of drug-likeness (QED) is 0.850. The van der Waals surface area contributed by atoms with Crippen LogP contribution in [0.15, 0.2) is 16.7 Å². The fraction of sp³-hybridized carbons (Fsp3) is 0.400. The molecular weight excluding hydrogens is 293 g/mol. The van der Waals surface area contributed by atoms with Crippen molar-refractivity contribution in [2.24, 2.45) is 5.92 Å². The fourth-order valence-corrected chi connectivity index (χ4v) is 2.30. The number of alkyl halides is 1. The zero-order chi connectivity index (χ0) is 11.7. The molecule has 0 saturated carbocycles. The third-order valence-electron chi connectivity index (χ3n) is 2.58. The van der Waals surface area contributed by atoms with Crippen LogP contribution in [-0.4, -0.2) is 23.3 Å². The summed E-state index contributed by atoms with van der Waals surface area (Å²) in [6.07, 6.45) is 2.09. The molecule has 0 spiro atoms. The molecule has 1 fully saturated rings. The molecule has 2 N–H and O–H groups in total. The van der Waals surface area contributed by atoms with Crippen molar-refractivity contribution in [2.75, 3.05) is 23.1 Å². The number of nitrogen functional groups attached to an aromatic ring is 1. The van der Waals surface area contributed by atoms with E-state index in [4.69, 9.17) is 17.3 Å². The predicted octanol–water partition coefficient (Wildman–Crippen LogP) is 2.02. The van der Waals surface area contributed by atoms with Gasteiger partial charge >= 0.3 is 0 Å². The van der Waals surface area contributed by atoms with Gasteiger partial charge in [-0.25, -0.2) is 4.98 Å². The number of aromatic nitrogens is 1. The lowest BCUT2D eigenvalue weighted by Crippen LogP contribution is -2.26. The number of carbonyl (C=O) groups is 1. The Morgan fingerprint density at radius 1 is 1.69 bits per heavy atom. The number of hydrogen-bond donors (Lipinski definition) is 1. The van der Waals surface area contributed by atoms with Crippen molar-refractivity contribution in [1.82, 2.24) is 4.98 Å². The molecule has 16 heavy (non-hydrogen) atoms. The normalized spacial score (nSPS) is 20.5. The molecule has 1 amide bonds. The average molecular weight is 305 g/mol. The van der Waals surface area contributed by atoms with E-state index in [1.54, 1.807) is 17.2 Å². The van der Waals surface area contributed by atoms with E-state index in [0.717, 1.165) is 4.47 Å². The van der Waals surface area contributed by atoms with Crippen LogP contribution in [-0.2, 0) is 4.79 Å². The number of halogens is 2. The van der Waals surface area contributed by atoms with Crippen LogP contribution in [0.25, 0.3) is 0 Å². The molecule has 1 aliphatic heterocycles. The van der Waals surface area contributed by atoms with E-state index >= 15 is 0 Å². The van der Waals surface area contributed by atoms with Gasteiger partial charge in [0.2, 0.25) is 5.91 Å². The minimum Gasteiger partial charge on any atom is -0.382 e. The Hall–Kier alpha value is -0.810. The van der Waals surface area contributed by atoms with Crippen molar-refractivity contribution in [3.63, 3.8) is 0 Å². The summed E-state index contributed by atoms with van der Waals surface area (Å²) in [5, 5.41) is 0. The molecule has 0 bridgehead atoms. The summed E-state index contributed by atoms with van der Waals surface area (Å²) in [6, 6.07) is 1.80. The Balaban J connectivity index is 2.30. The predicted molar refractivity (Wildman–Crippen MR) is 67.5 cm³/mol. The van der Waals surface area contributed by atoms with Crippen molar-refractivity contribution in [3.05, 3.63) is 16.7 Å². The summed E-state index contributed by atoms with van der Waals surface area (Å²) in [7, 11) is 0. The van der Waals surface area contributed by atoms with E-state index in [2.05, 4.69) is 20.9 Å². The molecule has 2 heterocycles. The molecule has 1 unspecified atom stereocenters. The Labute approximate surface area is 107 Å². The van der Waals surface area contributed by atoms with Crippen LogP contribution in [0.1, 0.15) is 6.42 Å². The number of nitrogens with two attached hydrogens (primary N) is 1. The van der Waals surface area contributed by atoms with Crippen LogP contribution >= 0.6 is 27.5 Å². The molecule has 1 aromatic heterocycles. The Kier molecular flexibility index (Phi) is 3.35. The SMILES string of the molecule is Nc1ncc(Br)cc1N1CC(CCl)CC1=O. The first kappa shape index (κ1) is 11.7. The number of hydrogen-bond acceptors (Lipinski definition) is 3. The van der Waals surface area contributed by atoms with E-state index in [1.165, 1.54) is 0 Å². The van der Waals surface area contributed by atoms with Gasteiger partial charge in [-0.15, -0.1) is 11.6 Å². The Morgan fingerprint density at radius 3 is 3.06 bits per heavy atom. The van der Waals surface area contributed by atoms with Gasteiger partial charge in [-0.05, 0) is 27.9 Å². The van der Waals surface area contributed by atoms with E-state index in [1.807, 2.05) is 0 Å². The van der Waals surface area contributed by atoms with Gasteiger partial charge in [-0.3, -0.25) is 4.79 Å². The molecule has 86 valence electrons. The minimum atomic E-state index is 0.0530. The van der Waals surface area contributed by atoms with E-state index in [9.17, 15) is 4.79 Å². The highest BCUT2D eigenvalue weighted by Gasteiger charge is 2.31. The van der Waals surface area contributed by atoms with Crippen molar-refractivity contribution < 1.29 is 4.79 Å². The largest absolute Gasteiger partial charge is 0.382 e. The Morgan fingerprint density at radius 2 is 2.44 bits per heavy atom. The van der Waals surface area contributed by atoms with Gasteiger partial charge in [0, 0.05) is 29.5 Å². The van der Waals surface area contributed by atoms with E-state index in [0.29, 0.717) is 30.4 Å². The fourth-order valence-electron chi connectivity index (χ4n) is 1.77. The maximum Gasteiger partial charge on any atom is 0.227 e. The van der Waals surface area contributed by atoms with Crippen LogP contribution in [0.2, 0.25) is 0 Å². The van der Waals surface area contributed by atoms with Crippen LogP contribution in [0, 0.1) is 5.92 Å². The molecule has 1 atom stereocenters. The topological polar surface area (TPSA) is 59.2 Å². The zero-order valence-corrected chi connectivity index (χ0v) is 10.8. The van der Waals surface area contributed by atoms with Crippen LogP contribution in [0.4, 0.5) is 11.5 Å². The van der Waals surface area contributed by atoms with Crippen molar-refractivity contribution in [3.8, 4) is 0 Å². The number of amides is 1. The molecule has 1 aliphatic rings. The van der Waals surface area contributed by atoms with Gasteiger partial charge in [-0.2, -0.15) is 0 Å². The van der Waals surface area contributed by atoms with Gasteiger partial charge in [0.15, 0.2) is 0 Å². The summed E-state index contributed by atoms with van der Waals surface area (Å²) in [6.45, 7) is 0.616. The van der Waals surface area contributed by atoms with Gasteiger partial charge in [0.05, 0.1) is 5.69 Å². The molecule has 0 aliphatic carbocycles. The second-order valence-electron chi connectivity index (χ2n) is 3.79. The van der Waals surface area contributed by atoms with Gasteiger partial charge in [0.1, 0.15) is 5.82 Å². The smallest absolute Gasteiger partial charge is 0.227 e. The lowest BCUT2D eigenvalue weighted by atomic mass is 10.1. The second kappa shape index (κ2) is 4.59. The standard InChI is InChI=1S/C10H11BrClN3O/c11-7-2-8(10(13)14-4-7)15-5-6(3-12)1-9(15)16/h2,4,6H,1,3,5H2,(H2,13,14). The zero-order valence-electron chi connectivity index (χ0n) is 8.49. The average Bonchev–Trinajstić information content (AvgIpc) is 2.63. The third kappa shape index (κ3) is 2.15. The maximum atomic E-state index is 11.8. The first-order valence-corrected chi connectivity index (χ1v) is 6.22. The highest BCUT2D eigenvalue weighted by molar-refractivity contribution is 9.10. The highest BCUT2D eigenvalue weighted by Crippen LogP contribution is 2.30. The van der Waals surface area contributed by atoms with E-state index in [-0.39, 0.29) is 11.8 Å². The van der Waals surface area contributed by atoms with Gasteiger partial charge in [0.25, 0.3) is 0 Å². The first-order chi connectivity index (χ1) is 7.61. The summed E-state index contributed by atoms with van der Waals surface area (Å²) >= 11 is 9.08. The van der Waals surface area contributed by atoms with Crippen molar-refractivity contribution in [2.45, 2.75) is 6.42 Å². The number of rotatable bonds is 2. The molecule has 1 aromatic rings. The number of carbonyl (C=O) groups excluding carboxylic acids is 1. The summed E-state index contributed by atoms with van der Waals surface area (Å²) in [4.78, 5) is 17.4. The van der Waals surface area contributed by atoms with Crippen LogP contribution in [0.3, 0.4) is 0 Å². The molecular formula is C10H11BrClN3O. The van der Waals surface area contributed by atoms with Gasteiger partial charge < -0.3 is 10.6 Å². The van der Waals surface area contributed by atoms with Crippen LogP contribution in [0.5, 0.6) is 0 Å². The number of pyridine rings is 1. The molecule has 2 rings (SSSR count). The molecule has 6 heteroatoms. The second-order valence-corrected chi connectivity index (χ2v) is 5.01. The van der Waals surface area contributed by atoms with Crippen LogP contribution < -0.4 is 10.6 Å². The minimum absolute atomic E-state index is 0.0530. The maximum absolute atomic E-state index is 11.8. The Bertz CT molecular complexity index is 427. The summed E-state index contributed by atoms with van der Waals surface area (Å²) < 4.78 is 0.804. The summed E-state index contributed by atoms with van der Waals surface area (Å²) in [5.74, 6) is 1.11. The lowest BCUT2D eigenvalue weighted by Gasteiger charge is -2.17. The number of anilines is 2. The summed E-state index contributed by atoms with van der Waals surface area (Å²) in [5.41, 5.74) is 6.42. The van der Waals surface area contributed by atoms with E-state index < -0.39 is 0 Å². The van der Waals surface area contributed by atoms with Crippen molar-refractivity contribution >= 4 is 44.9 Å². The van der Waals surface area contributed by atoms with Crippen molar-refractivity contribution in [1.29, 1.82) is 0 Å².